The van der Waals surface area contributed by atoms with Crippen LogP contribution in [0.3, 0.4) is 0 Å². The van der Waals surface area contributed by atoms with E-state index < -0.39 is 0 Å². The zero-order valence-electron chi connectivity index (χ0n) is 12.4. The van der Waals surface area contributed by atoms with Crippen molar-refractivity contribution < 1.29 is 4.79 Å². The Morgan fingerprint density at radius 3 is 2.62 bits per heavy atom. The SMILES string of the molecule is Cc1nn(C)cc1CNc1ccc(C(=O)NC2CC2)cc1. The minimum atomic E-state index is 0.0205. The van der Waals surface area contributed by atoms with Crippen LogP contribution < -0.4 is 10.6 Å². The Kier molecular flexibility index (Phi) is 3.64. The monoisotopic (exact) mass is 284 g/mol. The van der Waals surface area contributed by atoms with Crippen molar-refractivity contribution in [2.24, 2.45) is 7.05 Å². The van der Waals surface area contributed by atoms with Gasteiger partial charge in [-0.15, -0.1) is 0 Å². The Hall–Kier alpha value is -2.30. The Balaban J connectivity index is 1.58. The molecule has 0 atom stereocenters. The number of nitrogens with zero attached hydrogens (tertiary/aromatic N) is 2. The van der Waals surface area contributed by atoms with E-state index in [9.17, 15) is 4.79 Å². The van der Waals surface area contributed by atoms with Crippen molar-refractivity contribution in [2.45, 2.75) is 32.4 Å². The maximum Gasteiger partial charge on any atom is 0.251 e. The second-order valence-electron chi connectivity index (χ2n) is 5.59. The van der Waals surface area contributed by atoms with Crippen LogP contribution in [0, 0.1) is 6.92 Å². The van der Waals surface area contributed by atoms with E-state index in [4.69, 9.17) is 0 Å². The van der Waals surface area contributed by atoms with Crippen LogP contribution in [0.2, 0.25) is 0 Å². The summed E-state index contributed by atoms with van der Waals surface area (Å²) in [5, 5.41) is 10.7. The third-order valence-electron chi connectivity index (χ3n) is 3.66. The molecule has 5 nitrogen and oxygen atoms in total. The van der Waals surface area contributed by atoms with Gasteiger partial charge in [0.15, 0.2) is 0 Å². The number of aryl methyl sites for hydroxylation is 2. The van der Waals surface area contributed by atoms with E-state index >= 15 is 0 Å². The van der Waals surface area contributed by atoms with Crippen LogP contribution in [0.25, 0.3) is 0 Å². The van der Waals surface area contributed by atoms with E-state index in [1.54, 1.807) is 0 Å². The summed E-state index contributed by atoms with van der Waals surface area (Å²) in [7, 11) is 1.92. The van der Waals surface area contributed by atoms with Crippen molar-refractivity contribution in [3.63, 3.8) is 0 Å². The van der Waals surface area contributed by atoms with Gasteiger partial charge < -0.3 is 10.6 Å². The molecule has 2 N–H and O–H groups in total. The van der Waals surface area contributed by atoms with Gasteiger partial charge in [0.25, 0.3) is 5.91 Å². The highest BCUT2D eigenvalue weighted by molar-refractivity contribution is 5.94. The van der Waals surface area contributed by atoms with Gasteiger partial charge in [0.2, 0.25) is 0 Å². The molecule has 0 unspecified atom stereocenters. The molecule has 0 aliphatic heterocycles. The Morgan fingerprint density at radius 2 is 2.05 bits per heavy atom. The molecule has 1 fully saturated rings. The zero-order chi connectivity index (χ0) is 14.8. The summed E-state index contributed by atoms with van der Waals surface area (Å²) in [6.45, 7) is 2.73. The van der Waals surface area contributed by atoms with Gasteiger partial charge in [-0.05, 0) is 44.0 Å². The summed E-state index contributed by atoms with van der Waals surface area (Å²) in [6.07, 6.45) is 4.23. The maximum absolute atomic E-state index is 11.9. The van der Waals surface area contributed by atoms with Gasteiger partial charge in [-0.2, -0.15) is 5.10 Å². The minimum absolute atomic E-state index is 0.0205. The lowest BCUT2D eigenvalue weighted by molar-refractivity contribution is 0.0951. The van der Waals surface area contributed by atoms with Gasteiger partial charge in [0, 0.05) is 42.6 Å². The molecular formula is C16H20N4O. The normalized spacial score (nSPS) is 14.0. The number of rotatable bonds is 5. The van der Waals surface area contributed by atoms with Crippen molar-refractivity contribution in [3.8, 4) is 0 Å². The Morgan fingerprint density at radius 1 is 1.33 bits per heavy atom. The number of aromatic nitrogens is 2. The van der Waals surface area contributed by atoms with Gasteiger partial charge in [0.1, 0.15) is 0 Å². The predicted octanol–water partition coefficient (Wildman–Crippen LogP) is 2.23. The van der Waals surface area contributed by atoms with E-state index in [0.717, 1.165) is 30.8 Å². The van der Waals surface area contributed by atoms with Crippen molar-refractivity contribution in [3.05, 3.63) is 47.3 Å². The molecule has 1 aliphatic carbocycles. The molecule has 0 radical (unpaired) electrons. The molecule has 3 rings (SSSR count). The second-order valence-corrected chi connectivity index (χ2v) is 5.59. The second kappa shape index (κ2) is 5.60. The van der Waals surface area contributed by atoms with Crippen LogP contribution in [0.1, 0.15) is 34.5 Å². The van der Waals surface area contributed by atoms with Crippen LogP contribution in [0.4, 0.5) is 5.69 Å². The largest absolute Gasteiger partial charge is 0.381 e. The summed E-state index contributed by atoms with van der Waals surface area (Å²) in [4.78, 5) is 11.9. The first kappa shape index (κ1) is 13.7. The quantitative estimate of drug-likeness (QED) is 0.885. The lowest BCUT2D eigenvalue weighted by Crippen LogP contribution is -2.25. The molecule has 0 bridgehead atoms. The molecule has 2 aromatic rings. The van der Waals surface area contributed by atoms with Crippen molar-refractivity contribution in [1.82, 2.24) is 15.1 Å². The van der Waals surface area contributed by atoms with Crippen molar-refractivity contribution in [1.29, 1.82) is 0 Å². The average Bonchev–Trinajstić information content (AvgIpc) is 3.21. The average molecular weight is 284 g/mol. The summed E-state index contributed by atoms with van der Waals surface area (Å²) in [6, 6.07) is 7.98. The number of hydrogen-bond acceptors (Lipinski definition) is 3. The molecule has 5 heteroatoms. The summed E-state index contributed by atoms with van der Waals surface area (Å²) in [5.74, 6) is 0.0205. The molecule has 21 heavy (non-hydrogen) atoms. The highest BCUT2D eigenvalue weighted by atomic mass is 16.1. The lowest BCUT2D eigenvalue weighted by atomic mass is 10.2. The maximum atomic E-state index is 11.9. The number of anilines is 1. The topological polar surface area (TPSA) is 59.0 Å². The predicted molar refractivity (Wildman–Crippen MR) is 82.2 cm³/mol. The van der Waals surface area contributed by atoms with Crippen LogP contribution >= 0.6 is 0 Å². The van der Waals surface area contributed by atoms with Gasteiger partial charge in [-0.1, -0.05) is 0 Å². The molecule has 1 saturated carbocycles. The van der Waals surface area contributed by atoms with Gasteiger partial charge in [0.05, 0.1) is 5.69 Å². The summed E-state index contributed by atoms with van der Waals surface area (Å²) < 4.78 is 1.82. The first-order valence-corrected chi connectivity index (χ1v) is 7.26. The molecule has 1 aromatic carbocycles. The van der Waals surface area contributed by atoms with E-state index in [1.807, 2.05) is 49.1 Å². The fourth-order valence-corrected chi connectivity index (χ4v) is 2.26. The molecule has 1 aliphatic rings. The Labute approximate surface area is 124 Å². The lowest BCUT2D eigenvalue weighted by Gasteiger charge is -2.07. The zero-order valence-corrected chi connectivity index (χ0v) is 12.4. The molecule has 0 spiro atoms. The third-order valence-corrected chi connectivity index (χ3v) is 3.66. The van der Waals surface area contributed by atoms with Gasteiger partial charge in [-0.3, -0.25) is 9.48 Å². The number of benzene rings is 1. The molecular weight excluding hydrogens is 264 g/mol. The minimum Gasteiger partial charge on any atom is -0.381 e. The highest BCUT2D eigenvalue weighted by Gasteiger charge is 2.23. The number of hydrogen-bond donors (Lipinski definition) is 2. The van der Waals surface area contributed by atoms with Crippen LogP contribution in [0.5, 0.6) is 0 Å². The first-order valence-electron chi connectivity index (χ1n) is 7.26. The smallest absolute Gasteiger partial charge is 0.251 e. The number of carbonyl (C=O) groups excluding carboxylic acids is 1. The van der Waals surface area contributed by atoms with Gasteiger partial charge in [-0.25, -0.2) is 0 Å². The van der Waals surface area contributed by atoms with Gasteiger partial charge >= 0.3 is 0 Å². The number of amides is 1. The number of nitrogens with one attached hydrogen (secondary N) is 2. The van der Waals surface area contributed by atoms with Crippen LogP contribution in [-0.4, -0.2) is 21.7 Å². The first-order chi connectivity index (χ1) is 10.1. The van der Waals surface area contributed by atoms with Crippen LogP contribution in [0.15, 0.2) is 30.5 Å². The molecule has 1 heterocycles. The summed E-state index contributed by atoms with van der Waals surface area (Å²) in [5.41, 5.74) is 3.92. The Bertz CT molecular complexity index is 641. The molecule has 1 amide bonds. The fraction of sp³-hybridized carbons (Fsp3) is 0.375. The van der Waals surface area contributed by atoms with E-state index in [2.05, 4.69) is 15.7 Å². The molecule has 1 aromatic heterocycles. The standard InChI is InChI=1S/C16H20N4O/c1-11-13(10-20(2)19-11)9-17-14-5-3-12(4-6-14)16(21)18-15-7-8-15/h3-6,10,15,17H,7-9H2,1-2H3,(H,18,21). The summed E-state index contributed by atoms with van der Waals surface area (Å²) >= 11 is 0. The molecule has 110 valence electrons. The van der Waals surface area contributed by atoms with E-state index in [1.165, 1.54) is 5.56 Å². The van der Waals surface area contributed by atoms with E-state index in [-0.39, 0.29) is 5.91 Å². The number of carbonyl (C=O) groups is 1. The van der Waals surface area contributed by atoms with Crippen molar-refractivity contribution >= 4 is 11.6 Å². The van der Waals surface area contributed by atoms with Crippen LogP contribution in [-0.2, 0) is 13.6 Å². The highest BCUT2D eigenvalue weighted by Crippen LogP contribution is 2.20. The fourth-order valence-electron chi connectivity index (χ4n) is 2.26. The third kappa shape index (κ3) is 3.42. The van der Waals surface area contributed by atoms with E-state index in [0.29, 0.717) is 11.6 Å². The van der Waals surface area contributed by atoms with Crippen molar-refractivity contribution in [2.75, 3.05) is 5.32 Å². The molecule has 0 saturated heterocycles.